The summed E-state index contributed by atoms with van der Waals surface area (Å²) in [6.07, 6.45) is 3.49. The van der Waals surface area contributed by atoms with Crippen LogP contribution in [0.5, 0.6) is 11.5 Å². The number of fused-ring (bicyclic) bond motifs is 4. The monoisotopic (exact) mass is 376 g/mol. The summed E-state index contributed by atoms with van der Waals surface area (Å²) in [4.78, 5) is 15.7. The molecule has 0 radical (unpaired) electrons. The van der Waals surface area contributed by atoms with Gasteiger partial charge in [-0.05, 0) is 29.7 Å². The third kappa shape index (κ3) is 2.69. The number of nitro benzene ring substituents is 1. The van der Waals surface area contributed by atoms with Crippen LogP contribution in [0.3, 0.4) is 0 Å². The van der Waals surface area contributed by atoms with Crippen molar-refractivity contribution >= 4 is 50.2 Å². The molecule has 0 saturated carbocycles. The van der Waals surface area contributed by atoms with E-state index in [9.17, 15) is 10.1 Å². The smallest absolute Gasteiger partial charge is 0.280 e. The van der Waals surface area contributed by atoms with Crippen LogP contribution < -0.4 is 9.47 Å². The van der Waals surface area contributed by atoms with Crippen LogP contribution in [-0.4, -0.2) is 16.7 Å². The summed E-state index contributed by atoms with van der Waals surface area (Å²) >= 11 is 1.55. The number of nitro groups is 1. The average Bonchev–Trinajstić information content (AvgIpc) is 3.31. The van der Waals surface area contributed by atoms with E-state index < -0.39 is 4.92 Å². The van der Waals surface area contributed by atoms with E-state index in [1.54, 1.807) is 29.6 Å². The van der Waals surface area contributed by atoms with Gasteiger partial charge in [-0.2, -0.15) is 0 Å². The summed E-state index contributed by atoms with van der Waals surface area (Å²) in [5.74, 6) is 0.904. The zero-order valence-corrected chi connectivity index (χ0v) is 14.7. The molecule has 2 heterocycles. The maximum Gasteiger partial charge on any atom is 0.280 e. The highest BCUT2D eigenvalue weighted by Crippen LogP contribution is 2.39. The summed E-state index contributed by atoms with van der Waals surface area (Å²) in [6.45, 7) is 0.0740. The van der Waals surface area contributed by atoms with E-state index in [0.717, 1.165) is 26.0 Å². The Balaban J connectivity index is 1.58. The van der Waals surface area contributed by atoms with E-state index in [2.05, 4.69) is 18.2 Å². The Kier molecular flexibility index (Phi) is 3.54. The molecular formula is C20H12N2O4S. The van der Waals surface area contributed by atoms with Gasteiger partial charge in [-0.15, -0.1) is 11.3 Å². The maximum atomic E-state index is 11.4. The number of rotatable bonds is 3. The molecule has 0 N–H and O–H groups in total. The molecule has 0 aliphatic carbocycles. The number of nitrogens with zero attached hydrogens (tertiary/aromatic N) is 2. The summed E-state index contributed by atoms with van der Waals surface area (Å²) in [5, 5.41) is 14.4. The fourth-order valence-electron chi connectivity index (χ4n) is 3.15. The predicted molar refractivity (Wildman–Crippen MR) is 105 cm³/mol. The molecule has 3 aromatic carbocycles. The van der Waals surface area contributed by atoms with Crippen LogP contribution in [-0.2, 0) is 0 Å². The molecule has 0 saturated heterocycles. The quantitative estimate of drug-likeness (QED) is 0.360. The molecular weight excluding hydrogens is 364 g/mol. The molecule has 1 aromatic heterocycles. The van der Waals surface area contributed by atoms with Crippen molar-refractivity contribution in [2.75, 3.05) is 6.79 Å². The molecule has 0 amide bonds. The highest BCUT2D eigenvalue weighted by molar-refractivity contribution is 7.19. The van der Waals surface area contributed by atoms with Gasteiger partial charge in [0.15, 0.2) is 11.5 Å². The number of hydrogen-bond donors (Lipinski definition) is 0. The Hall–Kier alpha value is -3.45. The lowest BCUT2D eigenvalue weighted by Crippen LogP contribution is -1.93. The molecule has 4 aromatic rings. The van der Waals surface area contributed by atoms with Gasteiger partial charge in [-0.1, -0.05) is 30.3 Å². The molecule has 6 nitrogen and oxygen atoms in total. The van der Waals surface area contributed by atoms with Crippen molar-refractivity contribution in [3.05, 3.63) is 69.2 Å². The van der Waals surface area contributed by atoms with Gasteiger partial charge in [0.2, 0.25) is 6.79 Å². The minimum absolute atomic E-state index is 0.0259. The molecule has 0 bridgehead atoms. The fourth-order valence-corrected chi connectivity index (χ4v) is 4.04. The molecule has 0 fully saturated rings. The van der Waals surface area contributed by atoms with Gasteiger partial charge in [-0.3, -0.25) is 10.1 Å². The average molecular weight is 376 g/mol. The largest absolute Gasteiger partial charge is 0.454 e. The molecule has 0 spiro atoms. The topological polar surface area (TPSA) is 74.5 Å². The van der Waals surface area contributed by atoms with Crippen molar-refractivity contribution in [3.63, 3.8) is 0 Å². The van der Waals surface area contributed by atoms with Crippen LogP contribution in [0, 0.1) is 10.1 Å². The second-order valence-corrected chi connectivity index (χ2v) is 7.10. The van der Waals surface area contributed by atoms with Crippen molar-refractivity contribution in [2.45, 2.75) is 0 Å². The van der Waals surface area contributed by atoms with Crippen molar-refractivity contribution in [3.8, 4) is 11.5 Å². The van der Waals surface area contributed by atoms with Gasteiger partial charge in [0.05, 0.1) is 26.8 Å². The van der Waals surface area contributed by atoms with Crippen LogP contribution in [0.2, 0.25) is 0 Å². The normalized spacial score (nSPS) is 13.0. The molecule has 132 valence electrons. The van der Waals surface area contributed by atoms with Crippen molar-refractivity contribution in [1.29, 1.82) is 0 Å². The Morgan fingerprint density at radius 1 is 1.07 bits per heavy atom. The molecule has 5 rings (SSSR count). The third-order valence-electron chi connectivity index (χ3n) is 4.42. The van der Waals surface area contributed by atoms with E-state index in [1.165, 1.54) is 6.07 Å². The number of aromatic nitrogens is 1. The SMILES string of the molecule is O=[N+]([O-])c1cc2c(cc1/C=C/c1nc3c(ccc4ccccc43)s1)OCO2. The molecule has 27 heavy (non-hydrogen) atoms. The van der Waals surface area contributed by atoms with E-state index in [4.69, 9.17) is 14.5 Å². The standard InChI is InChI=1S/C20H12N2O4S/c23-22(24)15-10-17-16(25-11-26-17)9-13(15)6-8-19-21-20-14-4-2-1-3-12(14)5-7-18(20)27-19/h1-10H,11H2/b8-6+. The van der Waals surface area contributed by atoms with Gasteiger partial charge in [0.25, 0.3) is 5.69 Å². The maximum absolute atomic E-state index is 11.4. The number of hydrogen-bond acceptors (Lipinski definition) is 6. The van der Waals surface area contributed by atoms with Crippen LogP contribution in [0.1, 0.15) is 10.6 Å². The predicted octanol–water partition coefficient (Wildman–Crippen LogP) is 5.26. The second kappa shape index (κ2) is 6.07. The van der Waals surface area contributed by atoms with Gasteiger partial charge >= 0.3 is 0 Å². The number of thiazole rings is 1. The Labute approximate surface area is 157 Å². The third-order valence-corrected chi connectivity index (χ3v) is 5.41. The van der Waals surface area contributed by atoms with Crippen molar-refractivity contribution in [1.82, 2.24) is 4.98 Å². The van der Waals surface area contributed by atoms with Gasteiger partial charge in [-0.25, -0.2) is 4.98 Å². The summed E-state index contributed by atoms with van der Waals surface area (Å²) in [6, 6.07) is 15.2. The molecule has 7 heteroatoms. The molecule has 1 aliphatic heterocycles. The lowest BCUT2D eigenvalue weighted by atomic mass is 10.1. The highest BCUT2D eigenvalue weighted by Gasteiger charge is 2.22. The van der Waals surface area contributed by atoms with Crippen LogP contribution in [0.15, 0.2) is 48.5 Å². The van der Waals surface area contributed by atoms with Crippen LogP contribution in [0.25, 0.3) is 33.1 Å². The summed E-state index contributed by atoms with van der Waals surface area (Å²) in [7, 11) is 0. The van der Waals surface area contributed by atoms with E-state index in [1.807, 2.05) is 18.2 Å². The first-order valence-corrected chi connectivity index (χ1v) is 9.05. The van der Waals surface area contributed by atoms with E-state index >= 15 is 0 Å². The first kappa shape index (κ1) is 15.8. The minimum Gasteiger partial charge on any atom is -0.454 e. The van der Waals surface area contributed by atoms with Gasteiger partial charge in [0, 0.05) is 5.39 Å². The van der Waals surface area contributed by atoms with E-state index in [-0.39, 0.29) is 12.5 Å². The van der Waals surface area contributed by atoms with E-state index in [0.29, 0.717) is 17.1 Å². The zero-order valence-electron chi connectivity index (χ0n) is 13.9. The minimum atomic E-state index is -0.423. The second-order valence-electron chi connectivity index (χ2n) is 6.04. The first-order valence-electron chi connectivity index (χ1n) is 8.23. The Morgan fingerprint density at radius 3 is 2.74 bits per heavy atom. The van der Waals surface area contributed by atoms with Gasteiger partial charge in [0.1, 0.15) is 5.01 Å². The number of benzene rings is 3. The Bertz CT molecular complexity index is 1250. The molecule has 1 aliphatic rings. The lowest BCUT2D eigenvalue weighted by Gasteiger charge is -2.00. The highest BCUT2D eigenvalue weighted by atomic mass is 32.1. The number of ether oxygens (including phenoxy) is 2. The lowest BCUT2D eigenvalue weighted by molar-refractivity contribution is -0.385. The first-order chi connectivity index (χ1) is 13.2. The zero-order chi connectivity index (χ0) is 18.4. The molecule has 0 atom stereocenters. The van der Waals surface area contributed by atoms with Gasteiger partial charge < -0.3 is 9.47 Å². The summed E-state index contributed by atoms with van der Waals surface area (Å²) in [5.41, 5.74) is 1.37. The van der Waals surface area contributed by atoms with Crippen molar-refractivity contribution in [2.24, 2.45) is 0 Å². The Morgan fingerprint density at radius 2 is 1.89 bits per heavy atom. The molecule has 0 unspecified atom stereocenters. The summed E-state index contributed by atoms with van der Waals surface area (Å²) < 4.78 is 11.6. The van der Waals surface area contributed by atoms with Crippen LogP contribution >= 0.6 is 11.3 Å². The van der Waals surface area contributed by atoms with Crippen LogP contribution in [0.4, 0.5) is 5.69 Å². The van der Waals surface area contributed by atoms with Crippen molar-refractivity contribution < 1.29 is 14.4 Å². The fraction of sp³-hybridized carbons (Fsp3) is 0.0500.